The fourth-order valence-corrected chi connectivity index (χ4v) is 6.73. The Balaban J connectivity index is 1.17. The molecule has 0 spiro atoms. The van der Waals surface area contributed by atoms with Crippen LogP contribution in [0.1, 0.15) is 88.2 Å². The van der Waals surface area contributed by atoms with Crippen molar-refractivity contribution in [1.82, 2.24) is 0 Å². The van der Waals surface area contributed by atoms with Gasteiger partial charge in [-0.05, 0) is 90.7 Å². The number of unbranched alkanes of at least 4 members (excludes halogenated alkanes) is 2. The van der Waals surface area contributed by atoms with Crippen molar-refractivity contribution in [3.05, 3.63) is 89.7 Å². The molecular weight excluding hydrogens is 443 g/mol. The molecule has 5 rings (SSSR count). The maximum absolute atomic E-state index is 15.3. The number of hydrogen-bond acceptors (Lipinski definition) is 1. The minimum atomic E-state index is -0.104. The lowest BCUT2D eigenvalue weighted by Crippen LogP contribution is -2.30. The van der Waals surface area contributed by atoms with E-state index < -0.39 is 0 Å². The van der Waals surface area contributed by atoms with Gasteiger partial charge in [0.05, 0.1) is 0 Å². The van der Waals surface area contributed by atoms with Gasteiger partial charge in [-0.1, -0.05) is 93.6 Å². The van der Waals surface area contributed by atoms with Crippen LogP contribution < -0.4 is 4.74 Å². The number of benzene rings is 3. The molecule has 4 atom stereocenters. The fraction of sp³-hybridized carbons (Fsp3) is 0.471. The second-order valence-electron chi connectivity index (χ2n) is 11.2. The molecule has 36 heavy (non-hydrogen) atoms. The lowest BCUT2D eigenvalue weighted by atomic mass is 9.63. The van der Waals surface area contributed by atoms with Crippen LogP contribution in [0.25, 0.3) is 11.1 Å². The molecule has 2 aliphatic carbocycles. The van der Waals surface area contributed by atoms with E-state index in [-0.39, 0.29) is 5.82 Å². The molecule has 2 saturated carbocycles. The molecule has 3 aromatic carbocycles. The molecule has 0 N–H and O–H groups in total. The van der Waals surface area contributed by atoms with Gasteiger partial charge in [-0.25, -0.2) is 4.39 Å². The molecule has 2 aliphatic rings. The minimum absolute atomic E-state index is 0.104. The minimum Gasteiger partial charge on any atom is -0.489 e. The predicted molar refractivity (Wildman–Crippen MR) is 148 cm³/mol. The molecule has 3 aromatic rings. The van der Waals surface area contributed by atoms with Gasteiger partial charge in [0.15, 0.2) is 0 Å². The molecule has 0 radical (unpaired) electrons. The Morgan fingerprint density at radius 3 is 2.36 bits per heavy atom. The molecule has 1 nitrogen and oxygen atoms in total. The van der Waals surface area contributed by atoms with Crippen LogP contribution in [0.15, 0.2) is 72.8 Å². The van der Waals surface area contributed by atoms with Crippen molar-refractivity contribution in [2.75, 3.05) is 0 Å². The Morgan fingerprint density at radius 1 is 0.806 bits per heavy atom. The van der Waals surface area contributed by atoms with Crippen molar-refractivity contribution >= 4 is 0 Å². The van der Waals surface area contributed by atoms with Crippen LogP contribution in [-0.2, 0) is 6.61 Å². The lowest BCUT2D eigenvalue weighted by Gasteiger charge is -2.42. The third-order valence-corrected chi connectivity index (χ3v) is 8.82. The van der Waals surface area contributed by atoms with E-state index in [4.69, 9.17) is 4.74 Å². The molecule has 190 valence electrons. The summed E-state index contributed by atoms with van der Waals surface area (Å²) in [6.07, 6.45) is 13.6. The molecule has 0 amide bonds. The van der Waals surface area contributed by atoms with E-state index in [1.54, 1.807) is 0 Å². The zero-order valence-electron chi connectivity index (χ0n) is 21.8. The molecule has 0 bridgehead atoms. The largest absolute Gasteiger partial charge is 0.489 e. The van der Waals surface area contributed by atoms with Crippen LogP contribution in [0.5, 0.6) is 5.75 Å². The summed E-state index contributed by atoms with van der Waals surface area (Å²) in [5, 5.41) is 0. The Hall–Kier alpha value is -2.61. The second kappa shape index (κ2) is 12.1. The average molecular weight is 485 g/mol. The van der Waals surface area contributed by atoms with Gasteiger partial charge in [-0.2, -0.15) is 0 Å². The molecule has 2 fully saturated rings. The summed E-state index contributed by atoms with van der Waals surface area (Å²) in [6, 6.07) is 23.9. The Labute approximate surface area is 217 Å². The van der Waals surface area contributed by atoms with Crippen molar-refractivity contribution in [2.24, 2.45) is 17.8 Å². The first-order chi connectivity index (χ1) is 17.7. The highest BCUT2D eigenvalue weighted by molar-refractivity contribution is 5.65. The van der Waals surface area contributed by atoms with Gasteiger partial charge in [0.2, 0.25) is 0 Å². The topological polar surface area (TPSA) is 9.23 Å². The molecule has 0 aliphatic heterocycles. The molecule has 0 heterocycles. The van der Waals surface area contributed by atoms with E-state index >= 15 is 4.39 Å². The highest BCUT2D eigenvalue weighted by Crippen LogP contribution is 2.48. The van der Waals surface area contributed by atoms with Crippen molar-refractivity contribution in [3.63, 3.8) is 0 Å². The van der Waals surface area contributed by atoms with Crippen LogP contribution in [-0.4, -0.2) is 0 Å². The summed E-state index contributed by atoms with van der Waals surface area (Å²) in [4.78, 5) is 0. The van der Waals surface area contributed by atoms with E-state index in [1.165, 1.54) is 69.8 Å². The number of fused-ring (bicyclic) bond motifs is 1. The third-order valence-electron chi connectivity index (χ3n) is 8.82. The zero-order valence-corrected chi connectivity index (χ0v) is 21.8. The van der Waals surface area contributed by atoms with Crippen molar-refractivity contribution in [1.29, 1.82) is 0 Å². The fourth-order valence-electron chi connectivity index (χ4n) is 6.73. The Bertz CT molecular complexity index is 1090. The third kappa shape index (κ3) is 6.20. The summed E-state index contributed by atoms with van der Waals surface area (Å²) in [5.74, 6) is 3.93. The van der Waals surface area contributed by atoms with Gasteiger partial charge in [0, 0.05) is 5.56 Å². The Morgan fingerprint density at radius 2 is 1.58 bits per heavy atom. The van der Waals surface area contributed by atoms with Crippen LogP contribution in [0, 0.1) is 23.6 Å². The first-order valence-electron chi connectivity index (χ1n) is 14.3. The Kier molecular flexibility index (Phi) is 8.41. The van der Waals surface area contributed by atoms with E-state index in [2.05, 4.69) is 25.1 Å². The SMILES string of the molecule is CCCCCC1CCC2CC(c3ccc(-c4ccc(OCc5ccccc5)cc4)c(F)c3)CCC2C1. The number of ether oxygens (including phenoxy) is 1. The van der Waals surface area contributed by atoms with Crippen LogP contribution in [0.3, 0.4) is 0 Å². The maximum atomic E-state index is 15.3. The van der Waals surface area contributed by atoms with Gasteiger partial charge in [0.25, 0.3) is 0 Å². The molecule has 4 unspecified atom stereocenters. The summed E-state index contributed by atoms with van der Waals surface area (Å²) < 4.78 is 21.2. The quantitative estimate of drug-likeness (QED) is 0.275. The highest BCUT2D eigenvalue weighted by Gasteiger charge is 2.35. The van der Waals surface area contributed by atoms with Gasteiger partial charge in [-0.15, -0.1) is 0 Å². The van der Waals surface area contributed by atoms with Gasteiger partial charge in [0.1, 0.15) is 18.2 Å². The van der Waals surface area contributed by atoms with Gasteiger partial charge >= 0.3 is 0 Å². The van der Waals surface area contributed by atoms with E-state index in [0.29, 0.717) is 18.1 Å². The molecule has 0 aromatic heterocycles. The maximum Gasteiger partial charge on any atom is 0.131 e. The zero-order chi connectivity index (χ0) is 24.7. The standard InChI is InChI=1S/C34H41FO/c1-2-3-5-8-25-11-12-29-22-30(14-13-28(29)21-25)31-17-20-33(34(35)23-31)27-15-18-32(19-16-27)36-24-26-9-6-4-7-10-26/h4,6-7,9-10,15-20,23,25,28-30H,2-3,5,8,11-14,21-22,24H2,1H3. The molecule has 0 saturated heterocycles. The number of rotatable bonds is 9. The van der Waals surface area contributed by atoms with Crippen LogP contribution in [0.4, 0.5) is 4.39 Å². The monoisotopic (exact) mass is 484 g/mol. The van der Waals surface area contributed by atoms with E-state index in [9.17, 15) is 0 Å². The van der Waals surface area contributed by atoms with Gasteiger partial charge < -0.3 is 4.74 Å². The van der Waals surface area contributed by atoms with E-state index in [1.807, 2.05) is 54.6 Å². The summed E-state index contributed by atoms with van der Waals surface area (Å²) in [5.41, 5.74) is 3.91. The van der Waals surface area contributed by atoms with E-state index in [0.717, 1.165) is 34.6 Å². The number of halogens is 1. The normalized spacial score (nSPS) is 23.7. The van der Waals surface area contributed by atoms with Crippen molar-refractivity contribution in [2.45, 2.75) is 83.7 Å². The summed E-state index contributed by atoms with van der Waals surface area (Å²) >= 11 is 0. The van der Waals surface area contributed by atoms with Gasteiger partial charge in [-0.3, -0.25) is 0 Å². The van der Waals surface area contributed by atoms with Crippen molar-refractivity contribution in [3.8, 4) is 16.9 Å². The van der Waals surface area contributed by atoms with Crippen LogP contribution in [0.2, 0.25) is 0 Å². The second-order valence-corrected chi connectivity index (χ2v) is 11.2. The predicted octanol–water partition coefficient (Wildman–Crippen LogP) is 9.95. The summed E-state index contributed by atoms with van der Waals surface area (Å²) in [6.45, 7) is 2.83. The molecule has 2 heteroatoms. The van der Waals surface area contributed by atoms with Crippen LogP contribution >= 0.6 is 0 Å². The first kappa shape index (κ1) is 25.1. The van der Waals surface area contributed by atoms with Crippen molar-refractivity contribution < 1.29 is 9.13 Å². The average Bonchev–Trinajstić information content (AvgIpc) is 2.93. The highest BCUT2D eigenvalue weighted by atomic mass is 19.1. The lowest BCUT2D eigenvalue weighted by molar-refractivity contribution is 0.113. The first-order valence-corrected chi connectivity index (χ1v) is 14.3. The summed E-state index contributed by atoms with van der Waals surface area (Å²) in [7, 11) is 0. The smallest absolute Gasteiger partial charge is 0.131 e. The number of hydrogen-bond donors (Lipinski definition) is 0. The molecular formula is C34H41FO.